The lowest BCUT2D eigenvalue weighted by molar-refractivity contribution is 0.0954. The van der Waals surface area contributed by atoms with Crippen molar-refractivity contribution >= 4 is 21.6 Å². The van der Waals surface area contributed by atoms with Crippen molar-refractivity contribution in [3.63, 3.8) is 0 Å². The van der Waals surface area contributed by atoms with Gasteiger partial charge in [0.15, 0.2) is 0 Å². The summed E-state index contributed by atoms with van der Waals surface area (Å²) in [5, 5.41) is 2.86. The monoisotopic (exact) mass is 488 g/mol. The molecule has 0 atom stereocenters. The molecular weight excluding hydrogens is 463 g/mol. The number of hydrogen-bond acceptors (Lipinski definition) is 3. The Labute approximate surface area is 204 Å². The molecule has 0 unspecified atom stereocenters. The van der Waals surface area contributed by atoms with Crippen LogP contribution in [0.1, 0.15) is 21.5 Å². The number of nitrogens with one attached hydrogen (secondary N) is 1. The van der Waals surface area contributed by atoms with Crippen molar-refractivity contribution in [2.45, 2.75) is 17.9 Å². The van der Waals surface area contributed by atoms with Crippen LogP contribution in [0.2, 0.25) is 0 Å². The average Bonchev–Trinajstić information content (AvgIpc) is 2.89. The Morgan fingerprint density at radius 2 is 1.34 bits per heavy atom. The Morgan fingerprint density at radius 3 is 2.03 bits per heavy atom. The van der Waals surface area contributed by atoms with Crippen LogP contribution < -0.4 is 9.62 Å². The van der Waals surface area contributed by atoms with Gasteiger partial charge in [-0.2, -0.15) is 0 Å². The van der Waals surface area contributed by atoms with Crippen LogP contribution in [0, 0.1) is 5.82 Å². The van der Waals surface area contributed by atoms with Gasteiger partial charge in [-0.3, -0.25) is 9.10 Å². The number of rotatable bonds is 9. The number of para-hydroxylation sites is 1. The fourth-order valence-corrected chi connectivity index (χ4v) is 5.21. The summed E-state index contributed by atoms with van der Waals surface area (Å²) >= 11 is 0. The number of carbonyl (C=O) groups excluding carboxylic acids is 1. The van der Waals surface area contributed by atoms with E-state index in [1.54, 1.807) is 66.7 Å². The molecule has 0 saturated carbocycles. The molecule has 35 heavy (non-hydrogen) atoms. The molecule has 0 aliphatic carbocycles. The van der Waals surface area contributed by atoms with E-state index in [4.69, 9.17) is 0 Å². The first kappa shape index (κ1) is 24.2. The van der Waals surface area contributed by atoms with Gasteiger partial charge in [-0.05, 0) is 53.9 Å². The maximum Gasteiger partial charge on any atom is 0.264 e. The van der Waals surface area contributed by atoms with Crippen LogP contribution in [-0.4, -0.2) is 20.9 Å². The summed E-state index contributed by atoms with van der Waals surface area (Å²) in [6, 6.07) is 30.2. The third kappa shape index (κ3) is 5.94. The van der Waals surface area contributed by atoms with Gasteiger partial charge in [-0.15, -0.1) is 0 Å². The molecular formula is C28H25FN2O3S. The summed E-state index contributed by atoms with van der Waals surface area (Å²) in [5.74, 6) is -0.700. The first-order chi connectivity index (χ1) is 16.9. The molecule has 0 aliphatic rings. The number of hydrogen-bond donors (Lipinski definition) is 1. The second-order valence-corrected chi connectivity index (χ2v) is 9.82. The molecule has 0 bridgehead atoms. The van der Waals surface area contributed by atoms with Gasteiger partial charge in [0.2, 0.25) is 0 Å². The molecule has 0 aromatic heterocycles. The summed E-state index contributed by atoms with van der Waals surface area (Å²) in [4.78, 5) is 13.3. The van der Waals surface area contributed by atoms with E-state index < -0.39 is 10.0 Å². The lowest BCUT2D eigenvalue weighted by atomic mass is 10.1. The number of benzene rings is 4. The van der Waals surface area contributed by atoms with E-state index in [-0.39, 0.29) is 28.7 Å². The molecule has 0 radical (unpaired) electrons. The number of anilines is 1. The third-order valence-corrected chi connectivity index (χ3v) is 7.30. The van der Waals surface area contributed by atoms with E-state index in [1.807, 2.05) is 30.3 Å². The first-order valence-corrected chi connectivity index (χ1v) is 12.6. The van der Waals surface area contributed by atoms with Gasteiger partial charge in [0.1, 0.15) is 5.82 Å². The fourth-order valence-electron chi connectivity index (χ4n) is 3.72. The van der Waals surface area contributed by atoms with E-state index in [1.165, 1.54) is 16.4 Å². The smallest absolute Gasteiger partial charge is 0.264 e. The van der Waals surface area contributed by atoms with E-state index in [0.29, 0.717) is 18.7 Å². The maximum absolute atomic E-state index is 13.7. The summed E-state index contributed by atoms with van der Waals surface area (Å²) in [5.41, 5.74) is 2.22. The van der Waals surface area contributed by atoms with Gasteiger partial charge in [0, 0.05) is 6.54 Å². The topological polar surface area (TPSA) is 66.5 Å². The molecule has 0 spiro atoms. The number of halogens is 1. The van der Waals surface area contributed by atoms with Crippen LogP contribution in [0.15, 0.2) is 114 Å². The lowest BCUT2D eigenvalue weighted by Gasteiger charge is -2.26. The average molecular weight is 489 g/mol. The van der Waals surface area contributed by atoms with Crippen LogP contribution in [0.25, 0.3) is 0 Å². The zero-order chi connectivity index (χ0) is 24.7. The van der Waals surface area contributed by atoms with Crippen molar-refractivity contribution in [2.75, 3.05) is 10.8 Å². The highest BCUT2D eigenvalue weighted by Crippen LogP contribution is 2.29. The second-order valence-electron chi connectivity index (χ2n) is 7.96. The van der Waals surface area contributed by atoms with Crippen LogP contribution in [-0.2, 0) is 23.0 Å². The second kappa shape index (κ2) is 11.0. The molecule has 4 aromatic rings. The summed E-state index contributed by atoms with van der Waals surface area (Å²) in [6.45, 7) is 0.390. The molecule has 4 rings (SSSR count). The van der Waals surface area contributed by atoms with Gasteiger partial charge in [-0.1, -0.05) is 72.8 Å². The van der Waals surface area contributed by atoms with Gasteiger partial charge < -0.3 is 5.32 Å². The van der Waals surface area contributed by atoms with Gasteiger partial charge in [-0.25, -0.2) is 12.8 Å². The van der Waals surface area contributed by atoms with Crippen LogP contribution >= 0.6 is 0 Å². The minimum Gasteiger partial charge on any atom is -0.352 e. The quantitative estimate of drug-likeness (QED) is 0.352. The number of nitrogens with zero attached hydrogens (tertiary/aromatic N) is 1. The maximum atomic E-state index is 13.7. The minimum atomic E-state index is -3.96. The van der Waals surface area contributed by atoms with Crippen molar-refractivity contribution in [2.24, 2.45) is 0 Å². The molecule has 4 aromatic carbocycles. The highest BCUT2D eigenvalue weighted by atomic mass is 32.2. The van der Waals surface area contributed by atoms with Crippen molar-refractivity contribution in [3.8, 4) is 0 Å². The number of carbonyl (C=O) groups is 1. The molecule has 1 N–H and O–H groups in total. The lowest BCUT2D eigenvalue weighted by Crippen LogP contribution is -2.34. The zero-order valence-electron chi connectivity index (χ0n) is 19.0. The summed E-state index contributed by atoms with van der Waals surface area (Å²) < 4.78 is 41.8. The van der Waals surface area contributed by atoms with Crippen molar-refractivity contribution in [3.05, 3.63) is 132 Å². The van der Waals surface area contributed by atoms with Crippen LogP contribution in [0.5, 0.6) is 0 Å². The Bertz CT molecular complexity index is 1380. The van der Waals surface area contributed by atoms with E-state index in [9.17, 15) is 17.6 Å². The SMILES string of the molecule is O=C(NCCc1ccc(F)cc1)c1ccccc1N(Cc1ccccc1)S(=O)(=O)c1ccccc1. The molecule has 178 valence electrons. The van der Waals surface area contributed by atoms with Gasteiger partial charge in [0.05, 0.1) is 22.7 Å². The highest BCUT2D eigenvalue weighted by molar-refractivity contribution is 7.92. The van der Waals surface area contributed by atoms with Crippen molar-refractivity contribution < 1.29 is 17.6 Å². The molecule has 0 fully saturated rings. The van der Waals surface area contributed by atoms with E-state index in [2.05, 4.69) is 5.32 Å². The standard InChI is InChI=1S/C28H25FN2O3S/c29-24-17-15-22(16-18-24)19-20-30-28(32)26-13-7-8-14-27(26)31(21-23-9-3-1-4-10-23)35(33,34)25-11-5-2-6-12-25/h1-18H,19-21H2,(H,30,32). The molecule has 0 heterocycles. The third-order valence-electron chi connectivity index (χ3n) is 5.53. The Kier molecular flexibility index (Phi) is 7.57. The van der Waals surface area contributed by atoms with Crippen molar-refractivity contribution in [1.82, 2.24) is 5.32 Å². The molecule has 0 aliphatic heterocycles. The minimum absolute atomic E-state index is 0.0674. The Balaban J connectivity index is 1.63. The largest absolute Gasteiger partial charge is 0.352 e. The van der Waals surface area contributed by atoms with E-state index in [0.717, 1.165) is 11.1 Å². The summed E-state index contributed by atoms with van der Waals surface area (Å²) in [7, 11) is -3.96. The number of sulfonamides is 1. The Morgan fingerprint density at radius 1 is 0.743 bits per heavy atom. The predicted octanol–water partition coefficient (Wildman–Crippen LogP) is 5.19. The van der Waals surface area contributed by atoms with E-state index >= 15 is 0 Å². The van der Waals surface area contributed by atoms with Gasteiger partial charge >= 0.3 is 0 Å². The van der Waals surface area contributed by atoms with Crippen LogP contribution in [0.3, 0.4) is 0 Å². The Hall–Kier alpha value is -3.97. The first-order valence-electron chi connectivity index (χ1n) is 11.2. The van der Waals surface area contributed by atoms with Crippen molar-refractivity contribution in [1.29, 1.82) is 0 Å². The number of amides is 1. The predicted molar refractivity (Wildman–Crippen MR) is 135 cm³/mol. The van der Waals surface area contributed by atoms with Gasteiger partial charge in [0.25, 0.3) is 15.9 Å². The van der Waals surface area contributed by atoms with Crippen LogP contribution in [0.4, 0.5) is 10.1 Å². The normalized spacial score (nSPS) is 11.1. The fraction of sp³-hybridized carbons (Fsp3) is 0.107. The molecule has 7 heteroatoms. The summed E-state index contributed by atoms with van der Waals surface area (Å²) in [6.07, 6.45) is 0.518. The molecule has 0 saturated heterocycles. The molecule has 1 amide bonds. The zero-order valence-corrected chi connectivity index (χ0v) is 19.8. The molecule has 5 nitrogen and oxygen atoms in total. The highest BCUT2D eigenvalue weighted by Gasteiger charge is 2.28.